The van der Waals surface area contributed by atoms with Crippen molar-refractivity contribution < 1.29 is 14.7 Å². The summed E-state index contributed by atoms with van der Waals surface area (Å²) >= 11 is 0. The molecule has 2 amide bonds. The molecule has 0 radical (unpaired) electrons. The molecule has 0 saturated heterocycles. The first-order chi connectivity index (χ1) is 11.5. The van der Waals surface area contributed by atoms with Crippen LogP contribution in [0.25, 0.3) is 0 Å². The summed E-state index contributed by atoms with van der Waals surface area (Å²) in [5, 5.41) is 18.5. The Bertz CT molecular complexity index is 669. The highest BCUT2D eigenvalue weighted by molar-refractivity contribution is 5.74. The van der Waals surface area contributed by atoms with Gasteiger partial charge in [-0.2, -0.15) is 5.10 Å². The Kier molecular flexibility index (Phi) is 6.36. The molecule has 1 atom stereocenters. The molecule has 0 aliphatic carbocycles. The van der Waals surface area contributed by atoms with Crippen LogP contribution in [0.1, 0.15) is 24.0 Å². The summed E-state index contributed by atoms with van der Waals surface area (Å²) in [7, 11) is 1.81. The van der Waals surface area contributed by atoms with Gasteiger partial charge in [-0.3, -0.25) is 9.48 Å². The molecule has 1 unspecified atom stereocenters. The van der Waals surface area contributed by atoms with Gasteiger partial charge in [0.1, 0.15) is 0 Å². The van der Waals surface area contributed by atoms with Gasteiger partial charge in [-0.1, -0.05) is 30.3 Å². The number of carboxylic acid groups (broad SMARTS) is 1. The van der Waals surface area contributed by atoms with Crippen molar-refractivity contribution in [2.24, 2.45) is 7.05 Å². The molecule has 7 nitrogen and oxygen atoms in total. The number of benzene rings is 1. The Balaban J connectivity index is 1.88. The summed E-state index contributed by atoms with van der Waals surface area (Å²) in [6, 6.07) is 9.14. The highest BCUT2D eigenvalue weighted by Gasteiger charge is 2.14. The van der Waals surface area contributed by atoms with Crippen molar-refractivity contribution >= 4 is 12.0 Å². The number of nitrogens with zero attached hydrogens (tertiary/aromatic N) is 2. The fraction of sp³-hybridized carbons (Fsp3) is 0.353. The molecule has 7 heteroatoms. The van der Waals surface area contributed by atoms with E-state index in [1.165, 1.54) is 0 Å². The summed E-state index contributed by atoms with van der Waals surface area (Å²) in [5.74, 6) is -0.870. The van der Waals surface area contributed by atoms with Crippen molar-refractivity contribution in [3.63, 3.8) is 0 Å². The number of nitrogens with one attached hydrogen (secondary N) is 2. The Morgan fingerprint density at radius 2 is 2.00 bits per heavy atom. The van der Waals surface area contributed by atoms with E-state index in [1.807, 2.05) is 43.6 Å². The highest BCUT2D eigenvalue weighted by atomic mass is 16.4. The van der Waals surface area contributed by atoms with Crippen molar-refractivity contribution in [3.8, 4) is 0 Å². The number of aryl methyl sites for hydroxylation is 1. The van der Waals surface area contributed by atoms with E-state index < -0.39 is 5.97 Å². The zero-order valence-electron chi connectivity index (χ0n) is 13.6. The molecule has 1 heterocycles. The molecule has 0 aliphatic heterocycles. The Morgan fingerprint density at radius 3 is 2.62 bits per heavy atom. The van der Waals surface area contributed by atoms with Crippen molar-refractivity contribution in [2.75, 3.05) is 0 Å². The maximum absolute atomic E-state index is 12.1. The summed E-state index contributed by atoms with van der Waals surface area (Å²) in [6.45, 7) is 0.372. The summed E-state index contributed by atoms with van der Waals surface area (Å²) < 4.78 is 1.67. The average Bonchev–Trinajstić information content (AvgIpc) is 2.97. The number of carbonyl (C=O) groups excluding carboxylic acids is 1. The SMILES string of the molecule is Cn1cc(CNC(=O)NC(CCC(=O)O)Cc2ccccc2)cn1. The first-order valence-corrected chi connectivity index (χ1v) is 7.80. The lowest BCUT2D eigenvalue weighted by molar-refractivity contribution is -0.137. The van der Waals surface area contributed by atoms with Gasteiger partial charge in [-0.05, 0) is 18.4 Å². The molecule has 24 heavy (non-hydrogen) atoms. The molecule has 0 bridgehead atoms. The third-order valence-corrected chi connectivity index (χ3v) is 3.58. The maximum atomic E-state index is 12.1. The Hall–Kier alpha value is -2.83. The Labute approximate surface area is 140 Å². The van der Waals surface area contributed by atoms with Gasteiger partial charge in [-0.15, -0.1) is 0 Å². The van der Waals surface area contributed by atoms with Gasteiger partial charge in [0.05, 0.1) is 6.20 Å². The second-order valence-corrected chi connectivity index (χ2v) is 5.67. The van der Waals surface area contributed by atoms with E-state index in [2.05, 4.69) is 15.7 Å². The van der Waals surface area contributed by atoms with Crippen LogP contribution in [0.15, 0.2) is 42.7 Å². The predicted molar refractivity (Wildman–Crippen MR) is 89.4 cm³/mol. The number of amides is 2. The van der Waals surface area contributed by atoms with E-state index in [4.69, 9.17) is 5.11 Å². The van der Waals surface area contributed by atoms with Gasteiger partial charge in [0.25, 0.3) is 0 Å². The minimum atomic E-state index is -0.870. The number of urea groups is 1. The van der Waals surface area contributed by atoms with Gasteiger partial charge in [0.2, 0.25) is 0 Å². The number of aliphatic carboxylic acids is 1. The number of carbonyl (C=O) groups is 2. The topological polar surface area (TPSA) is 96.2 Å². The lowest BCUT2D eigenvalue weighted by atomic mass is 10.0. The molecule has 128 valence electrons. The number of carboxylic acids is 1. The second kappa shape index (κ2) is 8.71. The molecule has 1 aromatic heterocycles. The summed E-state index contributed by atoms with van der Waals surface area (Å²) in [4.78, 5) is 22.9. The van der Waals surface area contributed by atoms with Crippen LogP contribution in [0.4, 0.5) is 4.79 Å². The third-order valence-electron chi connectivity index (χ3n) is 3.58. The average molecular weight is 330 g/mol. The van der Waals surface area contributed by atoms with Gasteiger partial charge in [0, 0.05) is 37.8 Å². The Morgan fingerprint density at radius 1 is 1.25 bits per heavy atom. The molecule has 0 aliphatic rings. The standard InChI is InChI=1S/C17H22N4O3/c1-21-12-14(11-19-21)10-18-17(24)20-15(7-8-16(22)23)9-13-5-3-2-4-6-13/h2-6,11-12,15H,7-10H2,1H3,(H,22,23)(H2,18,20,24). The maximum Gasteiger partial charge on any atom is 0.315 e. The van der Waals surface area contributed by atoms with E-state index in [0.717, 1.165) is 11.1 Å². The number of hydrogen-bond donors (Lipinski definition) is 3. The van der Waals surface area contributed by atoms with Crippen molar-refractivity contribution in [1.29, 1.82) is 0 Å². The quantitative estimate of drug-likeness (QED) is 0.686. The van der Waals surface area contributed by atoms with Gasteiger partial charge < -0.3 is 15.7 Å². The van der Waals surface area contributed by atoms with Crippen molar-refractivity contribution in [1.82, 2.24) is 20.4 Å². The number of rotatable bonds is 8. The van der Waals surface area contributed by atoms with E-state index in [-0.39, 0.29) is 18.5 Å². The molecule has 2 aromatic rings. The second-order valence-electron chi connectivity index (χ2n) is 5.67. The minimum absolute atomic E-state index is 0.0143. The molecular formula is C17H22N4O3. The molecule has 0 spiro atoms. The minimum Gasteiger partial charge on any atom is -0.481 e. The van der Waals surface area contributed by atoms with Crippen LogP contribution >= 0.6 is 0 Å². The van der Waals surface area contributed by atoms with E-state index in [0.29, 0.717) is 19.4 Å². The van der Waals surface area contributed by atoms with Crippen LogP contribution in [0, 0.1) is 0 Å². The summed E-state index contributed by atoms with van der Waals surface area (Å²) in [6.07, 6.45) is 4.50. The first kappa shape index (κ1) is 17.5. The normalized spacial score (nSPS) is 11.7. The molecule has 3 N–H and O–H groups in total. The summed E-state index contributed by atoms with van der Waals surface area (Å²) in [5.41, 5.74) is 1.96. The fourth-order valence-corrected chi connectivity index (χ4v) is 2.40. The van der Waals surface area contributed by atoms with Crippen LogP contribution < -0.4 is 10.6 Å². The van der Waals surface area contributed by atoms with Crippen LogP contribution in [0.5, 0.6) is 0 Å². The zero-order valence-corrected chi connectivity index (χ0v) is 13.6. The van der Waals surface area contributed by atoms with Crippen LogP contribution in [0.3, 0.4) is 0 Å². The van der Waals surface area contributed by atoms with Crippen LogP contribution in [-0.2, 0) is 24.8 Å². The van der Waals surface area contributed by atoms with Crippen molar-refractivity contribution in [3.05, 3.63) is 53.9 Å². The lowest BCUT2D eigenvalue weighted by Gasteiger charge is -2.18. The molecular weight excluding hydrogens is 308 g/mol. The van der Waals surface area contributed by atoms with Crippen LogP contribution in [0.2, 0.25) is 0 Å². The largest absolute Gasteiger partial charge is 0.481 e. The van der Waals surface area contributed by atoms with Gasteiger partial charge >= 0.3 is 12.0 Å². The van der Waals surface area contributed by atoms with E-state index in [1.54, 1.807) is 10.9 Å². The zero-order chi connectivity index (χ0) is 17.4. The van der Waals surface area contributed by atoms with Crippen molar-refractivity contribution in [2.45, 2.75) is 31.8 Å². The first-order valence-electron chi connectivity index (χ1n) is 7.80. The van der Waals surface area contributed by atoms with Gasteiger partial charge in [-0.25, -0.2) is 4.79 Å². The highest BCUT2D eigenvalue weighted by Crippen LogP contribution is 2.08. The molecule has 0 fully saturated rings. The smallest absolute Gasteiger partial charge is 0.315 e. The molecule has 0 saturated carbocycles. The van der Waals surface area contributed by atoms with E-state index in [9.17, 15) is 9.59 Å². The fourth-order valence-electron chi connectivity index (χ4n) is 2.40. The van der Waals surface area contributed by atoms with E-state index >= 15 is 0 Å². The lowest BCUT2D eigenvalue weighted by Crippen LogP contribution is -2.43. The number of aromatic nitrogens is 2. The monoisotopic (exact) mass is 330 g/mol. The predicted octanol–water partition coefficient (Wildman–Crippen LogP) is 1.70. The number of hydrogen-bond acceptors (Lipinski definition) is 3. The third kappa shape index (κ3) is 6.12. The molecule has 1 aromatic carbocycles. The van der Waals surface area contributed by atoms with Gasteiger partial charge in [0.15, 0.2) is 0 Å². The van der Waals surface area contributed by atoms with Crippen LogP contribution in [-0.4, -0.2) is 32.9 Å². The molecule has 2 rings (SSSR count).